The normalized spacial score (nSPS) is 11.5. The predicted molar refractivity (Wildman–Crippen MR) is 96.3 cm³/mol. The number of hydrogen-bond acceptors (Lipinski definition) is 3. The first-order valence-electron chi connectivity index (χ1n) is 7.86. The molecule has 1 aromatic heterocycles. The van der Waals surface area contributed by atoms with E-state index in [-0.39, 0.29) is 11.9 Å². The van der Waals surface area contributed by atoms with Gasteiger partial charge in [0, 0.05) is 17.6 Å². The quantitative estimate of drug-likeness (QED) is 0.737. The van der Waals surface area contributed by atoms with Crippen LogP contribution in [-0.2, 0) is 0 Å². The van der Waals surface area contributed by atoms with Gasteiger partial charge >= 0.3 is 0 Å². The van der Waals surface area contributed by atoms with E-state index in [1.807, 2.05) is 73.7 Å². The van der Waals surface area contributed by atoms with Gasteiger partial charge in [0.1, 0.15) is 5.69 Å². The Morgan fingerprint density at radius 2 is 1.58 bits per heavy atom. The van der Waals surface area contributed by atoms with Crippen LogP contribution in [0.15, 0.2) is 79.0 Å². The van der Waals surface area contributed by atoms with Gasteiger partial charge < -0.3 is 10.6 Å². The van der Waals surface area contributed by atoms with Gasteiger partial charge in [-0.2, -0.15) is 0 Å². The Bertz CT molecular complexity index is 803. The van der Waals surface area contributed by atoms with Gasteiger partial charge in [0.2, 0.25) is 0 Å². The van der Waals surface area contributed by atoms with Crippen LogP contribution in [0.25, 0.3) is 0 Å². The third-order valence-electron chi connectivity index (χ3n) is 3.70. The molecule has 4 heteroatoms. The number of nitrogens with one attached hydrogen (secondary N) is 2. The summed E-state index contributed by atoms with van der Waals surface area (Å²) in [6.45, 7) is 1.96. The molecule has 0 bridgehead atoms. The molecule has 0 spiro atoms. The molecule has 1 atom stereocenters. The lowest BCUT2D eigenvalue weighted by Crippen LogP contribution is -2.27. The first-order chi connectivity index (χ1) is 11.7. The Kier molecular flexibility index (Phi) is 4.87. The minimum atomic E-state index is -0.192. The Morgan fingerprint density at radius 3 is 2.29 bits per heavy atom. The highest BCUT2D eigenvalue weighted by molar-refractivity contribution is 5.93. The van der Waals surface area contributed by atoms with E-state index < -0.39 is 0 Å². The maximum absolute atomic E-state index is 12.4. The highest BCUT2D eigenvalue weighted by atomic mass is 16.1. The third-order valence-corrected chi connectivity index (χ3v) is 3.70. The van der Waals surface area contributed by atoms with Gasteiger partial charge in [-0.05, 0) is 36.8 Å². The summed E-state index contributed by atoms with van der Waals surface area (Å²) in [5.41, 5.74) is 3.24. The van der Waals surface area contributed by atoms with Crippen molar-refractivity contribution in [3.63, 3.8) is 0 Å². The molecule has 1 heterocycles. The number of para-hydroxylation sites is 1. The fraction of sp³-hybridized carbons (Fsp3) is 0.100. The molecule has 0 fully saturated rings. The molecule has 0 saturated carbocycles. The number of nitrogens with zero attached hydrogens (tertiary/aromatic N) is 1. The molecular formula is C20H19N3O. The van der Waals surface area contributed by atoms with E-state index in [2.05, 4.69) is 15.6 Å². The largest absolute Gasteiger partial charge is 0.355 e. The van der Waals surface area contributed by atoms with Crippen molar-refractivity contribution in [1.82, 2.24) is 10.3 Å². The highest BCUT2D eigenvalue weighted by Crippen LogP contribution is 2.17. The molecule has 0 saturated heterocycles. The number of rotatable bonds is 5. The second kappa shape index (κ2) is 7.42. The zero-order valence-corrected chi connectivity index (χ0v) is 13.4. The molecule has 4 nitrogen and oxygen atoms in total. The molecule has 1 unspecified atom stereocenters. The fourth-order valence-electron chi connectivity index (χ4n) is 2.42. The Morgan fingerprint density at radius 1 is 0.917 bits per heavy atom. The zero-order valence-electron chi connectivity index (χ0n) is 13.4. The average molecular weight is 317 g/mol. The minimum absolute atomic E-state index is 0.0776. The Hall–Kier alpha value is -3.14. The van der Waals surface area contributed by atoms with Crippen LogP contribution in [0.1, 0.15) is 29.0 Å². The maximum Gasteiger partial charge on any atom is 0.270 e. The van der Waals surface area contributed by atoms with Crippen LogP contribution in [0.2, 0.25) is 0 Å². The molecule has 0 aliphatic heterocycles. The predicted octanol–water partition coefficient (Wildman–Crippen LogP) is 4.32. The van der Waals surface area contributed by atoms with Crippen LogP contribution < -0.4 is 10.6 Å². The van der Waals surface area contributed by atoms with Gasteiger partial charge in [0.15, 0.2) is 0 Å². The number of carbonyl (C=O) groups excluding carboxylic acids is 1. The van der Waals surface area contributed by atoms with Crippen LogP contribution >= 0.6 is 0 Å². The fourth-order valence-corrected chi connectivity index (χ4v) is 2.42. The molecule has 1 amide bonds. The van der Waals surface area contributed by atoms with Crippen molar-refractivity contribution in [2.45, 2.75) is 13.0 Å². The summed E-state index contributed by atoms with van der Waals surface area (Å²) in [4.78, 5) is 16.6. The van der Waals surface area contributed by atoms with E-state index >= 15 is 0 Å². The summed E-state index contributed by atoms with van der Waals surface area (Å²) >= 11 is 0. The number of anilines is 2. The molecule has 24 heavy (non-hydrogen) atoms. The van der Waals surface area contributed by atoms with E-state index in [1.54, 1.807) is 12.3 Å². The van der Waals surface area contributed by atoms with Gasteiger partial charge in [-0.25, -0.2) is 0 Å². The SMILES string of the molecule is CC(NC(=O)c1cc(Nc2ccccc2)ccn1)c1ccccc1. The first kappa shape index (κ1) is 15.7. The van der Waals surface area contributed by atoms with Crippen LogP contribution in [0.4, 0.5) is 11.4 Å². The van der Waals surface area contributed by atoms with Crippen LogP contribution in [-0.4, -0.2) is 10.9 Å². The minimum Gasteiger partial charge on any atom is -0.355 e. The molecule has 0 aliphatic carbocycles. The second-order valence-corrected chi connectivity index (χ2v) is 5.53. The van der Waals surface area contributed by atoms with E-state index in [0.717, 1.165) is 16.9 Å². The smallest absolute Gasteiger partial charge is 0.270 e. The van der Waals surface area contributed by atoms with Crippen molar-refractivity contribution < 1.29 is 4.79 Å². The van der Waals surface area contributed by atoms with Gasteiger partial charge in [0.25, 0.3) is 5.91 Å². The van der Waals surface area contributed by atoms with Crippen molar-refractivity contribution in [3.05, 3.63) is 90.3 Å². The van der Waals surface area contributed by atoms with E-state index in [0.29, 0.717) is 5.69 Å². The van der Waals surface area contributed by atoms with Crippen molar-refractivity contribution in [1.29, 1.82) is 0 Å². The molecule has 2 N–H and O–H groups in total. The lowest BCUT2D eigenvalue weighted by atomic mass is 10.1. The van der Waals surface area contributed by atoms with Crippen molar-refractivity contribution in [3.8, 4) is 0 Å². The van der Waals surface area contributed by atoms with Gasteiger partial charge in [-0.3, -0.25) is 9.78 Å². The lowest BCUT2D eigenvalue weighted by molar-refractivity contribution is 0.0935. The zero-order chi connectivity index (χ0) is 16.8. The molecular weight excluding hydrogens is 298 g/mol. The number of carbonyl (C=O) groups is 1. The second-order valence-electron chi connectivity index (χ2n) is 5.53. The molecule has 3 rings (SSSR count). The number of amides is 1. The summed E-state index contributed by atoms with van der Waals surface area (Å²) in [5.74, 6) is -0.192. The van der Waals surface area contributed by atoms with Crippen LogP contribution in [0.3, 0.4) is 0 Å². The van der Waals surface area contributed by atoms with E-state index in [9.17, 15) is 4.79 Å². The molecule has 120 valence electrons. The Balaban J connectivity index is 1.70. The van der Waals surface area contributed by atoms with Crippen LogP contribution in [0, 0.1) is 0 Å². The van der Waals surface area contributed by atoms with E-state index in [1.165, 1.54) is 0 Å². The standard InChI is InChI=1S/C20H19N3O/c1-15(16-8-4-2-5-9-16)22-20(24)19-14-18(12-13-21-19)23-17-10-6-3-7-11-17/h2-15H,1H3,(H,21,23)(H,22,24). The summed E-state index contributed by atoms with van der Waals surface area (Å²) in [5, 5.41) is 6.24. The number of pyridine rings is 1. The van der Waals surface area contributed by atoms with Gasteiger partial charge in [-0.15, -0.1) is 0 Å². The summed E-state index contributed by atoms with van der Waals surface area (Å²) < 4.78 is 0. The van der Waals surface area contributed by atoms with Crippen molar-refractivity contribution >= 4 is 17.3 Å². The monoisotopic (exact) mass is 317 g/mol. The summed E-state index contributed by atoms with van der Waals surface area (Å²) in [6, 6.07) is 23.2. The van der Waals surface area contributed by atoms with Crippen molar-refractivity contribution in [2.75, 3.05) is 5.32 Å². The van der Waals surface area contributed by atoms with Crippen LogP contribution in [0.5, 0.6) is 0 Å². The maximum atomic E-state index is 12.4. The lowest BCUT2D eigenvalue weighted by Gasteiger charge is -2.14. The van der Waals surface area contributed by atoms with E-state index in [4.69, 9.17) is 0 Å². The molecule has 0 radical (unpaired) electrons. The summed E-state index contributed by atoms with van der Waals surface area (Å²) in [7, 11) is 0. The summed E-state index contributed by atoms with van der Waals surface area (Å²) in [6.07, 6.45) is 1.63. The number of benzene rings is 2. The first-order valence-corrected chi connectivity index (χ1v) is 7.86. The van der Waals surface area contributed by atoms with Gasteiger partial charge in [0.05, 0.1) is 6.04 Å². The molecule has 0 aliphatic rings. The van der Waals surface area contributed by atoms with Crippen molar-refractivity contribution in [2.24, 2.45) is 0 Å². The van der Waals surface area contributed by atoms with Gasteiger partial charge in [-0.1, -0.05) is 48.5 Å². The number of hydrogen-bond donors (Lipinski definition) is 2. The average Bonchev–Trinajstić information content (AvgIpc) is 2.63. The molecule has 3 aromatic rings. The highest BCUT2D eigenvalue weighted by Gasteiger charge is 2.12. The number of aromatic nitrogens is 1. The third kappa shape index (κ3) is 3.98. The molecule has 2 aromatic carbocycles. The topological polar surface area (TPSA) is 54.0 Å². The Labute approximate surface area is 141 Å².